The molecule has 1 heterocycles. The predicted octanol–water partition coefficient (Wildman–Crippen LogP) is 3.10. The molecule has 0 fully saturated rings. The third-order valence-electron chi connectivity index (χ3n) is 4.87. The van der Waals surface area contributed by atoms with Gasteiger partial charge < -0.3 is 24.5 Å². The number of ether oxygens (including phenoxy) is 2. The number of esters is 1. The smallest absolute Gasteiger partial charge is 0.325 e. The van der Waals surface area contributed by atoms with E-state index in [1.807, 2.05) is 24.3 Å². The zero-order valence-electron chi connectivity index (χ0n) is 18.0. The maximum Gasteiger partial charge on any atom is 0.325 e. The average Bonchev–Trinajstić information content (AvgIpc) is 3.27. The number of nitrogens with zero attached hydrogens (tertiary/aromatic N) is 2. The fourth-order valence-corrected chi connectivity index (χ4v) is 3.34. The Balaban J connectivity index is 1.69. The molecule has 2 aromatic carbocycles. The second kappa shape index (κ2) is 11.1. The minimum Gasteiger partial charge on any atom is -0.496 e. The molecule has 2 amide bonds. The number of nitrogens with one attached hydrogen (secondary N) is 1. The Morgan fingerprint density at radius 3 is 2.72 bits per heavy atom. The van der Waals surface area contributed by atoms with Crippen LogP contribution in [0, 0.1) is 5.82 Å². The van der Waals surface area contributed by atoms with Crippen LogP contribution in [0.25, 0.3) is 0 Å². The molecule has 3 rings (SSSR count). The summed E-state index contributed by atoms with van der Waals surface area (Å²) >= 11 is 0. The minimum atomic E-state index is -0.550. The Kier molecular flexibility index (Phi) is 8.02. The number of amides is 2. The average molecular weight is 443 g/mol. The van der Waals surface area contributed by atoms with E-state index in [2.05, 4.69) is 10.5 Å². The highest BCUT2D eigenvalue weighted by Crippen LogP contribution is 2.25. The van der Waals surface area contributed by atoms with E-state index in [1.165, 1.54) is 11.0 Å². The first-order valence-corrected chi connectivity index (χ1v) is 10.3. The SMILES string of the molecule is CCOC(=O)CNC(=O)N(Cc1ccccc1F)CC1CC(c2ccccc2OC)=NO1. The number of rotatable bonds is 9. The van der Waals surface area contributed by atoms with Gasteiger partial charge in [0.05, 0.1) is 32.5 Å². The van der Waals surface area contributed by atoms with Gasteiger partial charge in [0.25, 0.3) is 0 Å². The van der Waals surface area contributed by atoms with Crippen LogP contribution in [-0.4, -0.2) is 55.5 Å². The molecule has 1 N–H and O–H groups in total. The van der Waals surface area contributed by atoms with Crippen LogP contribution in [0.15, 0.2) is 53.7 Å². The van der Waals surface area contributed by atoms with E-state index >= 15 is 0 Å². The van der Waals surface area contributed by atoms with Gasteiger partial charge in [0.1, 0.15) is 18.1 Å². The number of hydrogen-bond donors (Lipinski definition) is 1. The minimum absolute atomic E-state index is 0.00514. The largest absolute Gasteiger partial charge is 0.496 e. The van der Waals surface area contributed by atoms with E-state index in [1.54, 1.807) is 32.2 Å². The van der Waals surface area contributed by atoms with Crippen LogP contribution in [0.3, 0.4) is 0 Å². The number of halogens is 1. The fraction of sp³-hybridized carbons (Fsp3) is 0.348. The van der Waals surface area contributed by atoms with Crippen molar-refractivity contribution in [1.29, 1.82) is 0 Å². The van der Waals surface area contributed by atoms with Crippen LogP contribution in [0.1, 0.15) is 24.5 Å². The highest BCUT2D eigenvalue weighted by atomic mass is 19.1. The van der Waals surface area contributed by atoms with Crippen LogP contribution in [-0.2, 0) is 20.9 Å². The van der Waals surface area contributed by atoms with Gasteiger partial charge in [-0.2, -0.15) is 0 Å². The van der Waals surface area contributed by atoms with Crippen LogP contribution in [0.5, 0.6) is 5.75 Å². The lowest BCUT2D eigenvalue weighted by atomic mass is 10.0. The molecule has 0 radical (unpaired) electrons. The van der Waals surface area contributed by atoms with E-state index in [0.29, 0.717) is 23.4 Å². The summed E-state index contributed by atoms with van der Waals surface area (Å²) in [6.07, 6.45) is 0.00859. The predicted molar refractivity (Wildman–Crippen MR) is 116 cm³/mol. The Bertz CT molecular complexity index is 982. The molecule has 9 heteroatoms. The second-order valence-electron chi connectivity index (χ2n) is 7.11. The number of benzene rings is 2. The van der Waals surface area contributed by atoms with Crippen LogP contribution in [0.4, 0.5) is 9.18 Å². The molecule has 170 valence electrons. The molecule has 0 saturated heterocycles. The lowest BCUT2D eigenvalue weighted by Crippen LogP contribution is -2.45. The van der Waals surface area contributed by atoms with Gasteiger partial charge in [-0.15, -0.1) is 0 Å². The van der Waals surface area contributed by atoms with Crippen molar-refractivity contribution < 1.29 is 28.3 Å². The number of para-hydroxylation sites is 1. The van der Waals surface area contributed by atoms with Crippen molar-refractivity contribution in [2.75, 3.05) is 26.8 Å². The molecular formula is C23H26FN3O5. The molecule has 32 heavy (non-hydrogen) atoms. The first kappa shape index (κ1) is 23.1. The van der Waals surface area contributed by atoms with Crippen LogP contribution >= 0.6 is 0 Å². The summed E-state index contributed by atoms with van der Waals surface area (Å²) in [7, 11) is 1.58. The monoisotopic (exact) mass is 443 g/mol. The van der Waals surface area contributed by atoms with Crippen LogP contribution < -0.4 is 10.1 Å². The Morgan fingerprint density at radius 1 is 1.22 bits per heavy atom. The van der Waals surface area contributed by atoms with E-state index in [9.17, 15) is 14.0 Å². The first-order chi connectivity index (χ1) is 15.5. The first-order valence-electron chi connectivity index (χ1n) is 10.3. The fourth-order valence-electron chi connectivity index (χ4n) is 3.34. The zero-order valence-corrected chi connectivity index (χ0v) is 18.0. The maximum absolute atomic E-state index is 14.2. The Labute approximate surface area is 185 Å². The van der Waals surface area contributed by atoms with Crippen molar-refractivity contribution >= 4 is 17.7 Å². The molecule has 1 aliphatic heterocycles. The highest BCUT2D eigenvalue weighted by molar-refractivity contribution is 6.03. The third-order valence-corrected chi connectivity index (χ3v) is 4.87. The van der Waals surface area contributed by atoms with Crippen molar-refractivity contribution in [3.63, 3.8) is 0 Å². The van der Waals surface area contributed by atoms with Crippen molar-refractivity contribution in [1.82, 2.24) is 10.2 Å². The van der Waals surface area contributed by atoms with Gasteiger partial charge in [-0.1, -0.05) is 35.5 Å². The van der Waals surface area contributed by atoms with Crippen LogP contribution in [0.2, 0.25) is 0 Å². The molecule has 2 aromatic rings. The van der Waals surface area contributed by atoms with E-state index in [4.69, 9.17) is 14.3 Å². The Morgan fingerprint density at radius 2 is 1.97 bits per heavy atom. The van der Waals surface area contributed by atoms with Crippen molar-refractivity contribution in [2.45, 2.75) is 26.0 Å². The van der Waals surface area contributed by atoms with Gasteiger partial charge in [-0.05, 0) is 25.1 Å². The van der Waals surface area contributed by atoms with Crippen molar-refractivity contribution in [3.8, 4) is 5.75 Å². The van der Waals surface area contributed by atoms with Gasteiger partial charge in [0.15, 0.2) is 6.10 Å². The molecule has 1 aliphatic rings. The summed E-state index contributed by atoms with van der Waals surface area (Å²) in [5, 5.41) is 6.68. The maximum atomic E-state index is 14.2. The number of oxime groups is 1. The quantitative estimate of drug-likeness (QED) is 0.602. The zero-order chi connectivity index (χ0) is 22.9. The summed E-state index contributed by atoms with van der Waals surface area (Å²) in [5.41, 5.74) is 1.86. The second-order valence-corrected chi connectivity index (χ2v) is 7.11. The molecule has 0 bridgehead atoms. The number of hydrogen-bond acceptors (Lipinski definition) is 6. The summed E-state index contributed by atoms with van der Waals surface area (Å²) < 4.78 is 24.4. The molecule has 0 aromatic heterocycles. The van der Waals surface area contributed by atoms with Gasteiger partial charge in [0.2, 0.25) is 0 Å². The number of urea groups is 1. The van der Waals surface area contributed by atoms with Crippen molar-refractivity contribution in [3.05, 3.63) is 65.5 Å². The van der Waals surface area contributed by atoms with E-state index in [-0.39, 0.29) is 26.2 Å². The number of methoxy groups -OCH3 is 1. The highest BCUT2D eigenvalue weighted by Gasteiger charge is 2.28. The summed E-state index contributed by atoms with van der Waals surface area (Å²) in [4.78, 5) is 31.3. The molecule has 0 spiro atoms. The van der Waals surface area contributed by atoms with Gasteiger partial charge in [-0.3, -0.25) is 4.79 Å². The molecular weight excluding hydrogens is 417 g/mol. The molecule has 0 saturated carbocycles. The topological polar surface area (TPSA) is 89.5 Å². The molecule has 1 unspecified atom stereocenters. The lowest BCUT2D eigenvalue weighted by molar-refractivity contribution is -0.141. The third kappa shape index (κ3) is 5.96. The van der Waals surface area contributed by atoms with Gasteiger partial charge in [0, 0.05) is 17.5 Å². The molecule has 8 nitrogen and oxygen atoms in total. The molecule has 1 atom stereocenters. The van der Waals surface area contributed by atoms with E-state index < -0.39 is 23.9 Å². The van der Waals surface area contributed by atoms with Crippen molar-refractivity contribution in [2.24, 2.45) is 5.16 Å². The van der Waals surface area contributed by atoms with E-state index in [0.717, 1.165) is 5.56 Å². The van der Waals surface area contributed by atoms with Gasteiger partial charge in [-0.25, -0.2) is 9.18 Å². The number of carbonyl (C=O) groups excluding carboxylic acids is 2. The Hall–Kier alpha value is -3.62. The molecule has 0 aliphatic carbocycles. The normalized spacial score (nSPS) is 14.8. The summed E-state index contributed by atoms with van der Waals surface area (Å²) in [5.74, 6) is -0.300. The standard InChI is InChI=1S/C23H26FN3O5/c1-3-31-22(28)13-25-23(29)27(14-16-8-4-6-10-19(16)24)15-17-12-20(26-32-17)18-9-5-7-11-21(18)30-2/h4-11,17H,3,12-15H2,1-2H3,(H,25,29). The lowest BCUT2D eigenvalue weighted by Gasteiger charge is -2.25. The number of carbonyl (C=O) groups is 2. The summed E-state index contributed by atoms with van der Waals surface area (Å²) in [6, 6.07) is 13.1. The van der Waals surface area contributed by atoms with Gasteiger partial charge >= 0.3 is 12.0 Å². The summed E-state index contributed by atoms with van der Waals surface area (Å²) in [6.45, 7) is 1.76.